The first-order valence-corrected chi connectivity index (χ1v) is 17.5. The number of aryl methyl sites for hydroxylation is 1. The first-order valence-electron chi connectivity index (χ1n) is 16.8. The number of hydrogen-bond acceptors (Lipinski definition) is 9. The normalized spacial score (nSPS) is 17.8. The lowest BCUT2D eigenvalue weighted by molar-refractivity contribution is -0.137. The van der Waals surface area contributed by atoms with Crippen LogP contribution in [0.25, 0.3) is 0 Å². The molecule has 11 nitrogen and oxygen atoms in total. The summed E-state index contributed by atoms with van der Waals surface area (Å²) in [5.41, 5.74) is 7.86. The molecule has 2 N–H and O–H groups in total. The Labute approximate surface area is 308 Å². The average Bonchev–Trinajstić information content (AvgIpc) is 3.69. The number of carbonyl (C=O) groups is 1. The van der Waals surface area contributed by atoms with Gasteiger partial charge in [0.05, 0.1) is 52.3 Å². The first kappa shape index (κ1) is 39.5. The minimum absolute atomic E-state index is 0.139. The lowest BCUT2D eigenvalue weighted by Gasteiger charge is -2.32. The molecule has 7 rings (SSSR count). The number of hydrogen-bond donors (Lipinski definition) is 1. The lowest BCUT2D eigenvalue weighted by atomic mass is 9.95. The third kappa shape index (κ3) is 9.07. The van der Waals surface area contributed by atoms with Gasteiger partial charge in [0.15, 0.2) is 5.69 Å². The summed E-state index contributed by atoms with van der Waals surface area (Å²) in [6.45, 7) is 8.30. The molecule has 0 saturated carbocycles. The SMILES string of the molecule is C=C(F)F.CN(C)C(=O)c1nn2c(c1Cl)CN(c1nc(OCC34CCCN3CCC4)nc3c1COCC3)CCC2.Nc1ccc(C(F)(F)F)c(Cl)c1. The molecule has 0 spiro atoms. The van der Waals surface area contributed by atoms with Crippen molar-refractivity contribution in [2.75, 3.05) is 57.6 Å². The lowest BCUT2D eigenvalue weighted by Crippen LogP contribution is -2.43. The number of nitrogen functional groups attached to an aromatic ring is 1. The van der Waals surface area contributed by atoms with Gasteiger partial charge in [-0.25, -0.2) is 0 Å². The quantitative estimate of drug-likeness (QED) is 0.220. The molecule has 4 aliphatic rings. The Bertz CT molecular complexity index is 1760. The summed E-state index contributed by atoms with van der Waals surface area (Å²) in [6, 6.07) is 3.54. The van der Waals surface area contributed by atoms with Gasteiger partial charge in [0.2, 0.25) is 0 Å². The standard InChI is InChI=1S/C25H34ClN7O3.C7H5ClF3N.C2H2F2/c1-30(2)23(34)21-20(26)19-14-31(9-5-12-33(19)29-21)22-17-15-35-13-6-18(17)27-24(28-22)36-16-25-7-3-10-32(25)11-4-8-25;8-6-3-4(12)1-2-5(6)7(9,10)11;1-2(3)4/h3-16H2,1-2H3;1-3H,12H2;1H2. The van der Waals surface area contributed by atoms with Crippen LogP contribution in [0.2, 0.25) is 10.0 Å². The highest BCUT2D eigenvalue weighted by molar-refractivity contribution is 6.34. The van der Waals surface area contributed by atoms with E-state index in [1.807, 2.05) is 4.68 Å². The van der Waals surface area contributed by atoms with E-state index in [0.717, 1.165) is 73.4 Å². The van der Waals surface area contributed by atoms with Crippen molar-refractivity contribution >= 4 is 40.6 Å². The van der Waals surface area contributed by atoms with Crippen LogP contribution in [0.15, 0.2) is 30.9 Å². The van der Waals surface area contributed by atoms with Crippen molar-refractivity contribution in [3.05, 3.63) is 69.1 Å². The molecule has 0 bridgehead atoms. The van der Waals surface area contributed by atoms with Crippen LogP contribution in [0.3, 0.4) is 0 Å². The number of alkyl halides is 3. The molecule has 1 aromatic carbocycles. The van der Waals surface area contributed by atoms with Crippen LogP contribution in [-0.2, 0) is 37.0 Å². The summed E-state index contributed by atoms with van der Waals surface area (Å²) in [6.07, 6.45) is 0.184. The van der Waals surface area contributed by atoms with Gasteiger partial charge in [-0.3, -0.25) is 14.4 Å². The van der Waals surface area contributed by atoms with Crippen molar-refractivity contribution in [2.24, 2.45) is 0 Å². The molecule has 0 unspecified atom stereocenters. The number of halogens is 7. The van der Waals surface area contributed by atoms with Crippen molar-refractivity contribution in [1.82, 2.24) is 29.5 Å². The molecule has 0 aliphatic carbocycles. The number of fused-ring (bicyclic) bond motifs is 3. The zero-order chi connectivity index (χ0) is 37.8. The number of nitrogens with zero attached hydrogens (tertiary/aromatic N) is 7. The van der Waals surface area contributed by atoms with Gasteiger partial charge >= 0.3 is 12.2 Å². The Kier molecular flexibility index (Phi) is 12.5. The highest BCUT2D eigenvalue weighted by Crippen LogP contribution is 2.40. The predicted molar refractivity (Wildman–Crippen MR) is 187 cm³/mol. The number of rotatable bonds is 5. The van der Waals surface area contributed by atoms with Crippen LogP contribution < -0.4 is 15.4 Å². The predicted octanol–water partition coefficient (Wildman–Crippen LogP) is 6.86. The van der Waals surface area contributed by atoms with E-state index in [-0.39, 0.29) is 22.2 Å². The highest BCUT2D eigenvalue weighted by Gasteiger charge is 2.45. The minimum atomic E-state index is -4.41. The van der Waals surface area contributed by atoms with E-state index < -0.39 is 17.8 Å². The van der Waals surface area contributed by atoms with Gasteiger partial charge in [0, 0.05) is 44.9 Å². The number of ether oxygens (including phenoxy) is 2. The van der Waals surface area contributed by atoms with E-state index >= 15 is 0 Å². The van der Waals surface area contributed by atoms with Gasteiger partial charge in [-0.05, 0) is 70.0 Å². The van der Waals surface area contributed by atoms with Gasteiger partial charge in [0.25, 0.3) is 12.0 Å². The smallest absolute Gasteiger partial charge is 0.417 e. The van der Waals surface area contributed by atoms with Gasteiger partial charge in [0.1, 0.15) is 12.4 Å². The fraction of sp³-hybridized carbons (Fsp3) is 0.529. The Morgan fingerprint density at radius 1 is 1.10 bits per heavy atom. The van der Waals surface area contributed by atoms with Gasteiger partial charge in [-0.1, -0.05) is 23.2 Å². The third-order valence-corrected chi connectivity index (χ3v) is 10.1. The molecule has 0 radical (unpaired) electrons. The molecule has 18 heteroatoms. The molecule has 0 atom stereocenters. The minimum Gasteiger partial charge on any atom is -0.461 e. The molecule has 284 valence electrons. The maximum atomic E-state index is 12.6. The van der Waals surface area contributed by atoms with Crippen LogP contribution in [0, 0.1) is 0 Å². The fourth-order valence-corrected chi connectivity index (χ4v) is 7.52. The van der Waals surface area contributed by atoms with Gasteiger partial charge in [-0.2, -0.15) is 37.0 Å². The second-order valence-corrected chi connectivity index (χ2v) is 13.9. The molecule has 52 heavy (non-hydrogen) atoms. The van der Waals surface area contributed by atoms with E-state index in [2.05, 4.69) is 21.5 Å². The van der Waals surface area contributed by atoms with Crippen molar-refractivity contribution in [3.63, 3.8) is 0 Å². The molecule has 3 aromatic rings. The second-order valence-electron chi connectivity index (χ2n) is 13.1. The number of carbonyl (C=O) groups excluding carboxylic acids is 1. The maximum Gasteiger partial charge on any atom is 0.417 e. The summed E-state index contributed by atoms with van der Waals surface area (Å²) >= 11 is 12.0. The number of amides is 1. The van der Waals surface area contributed by atoms with Crippen molar-refractivity contribution < 1.29 is 36.2 Å². The summed E-state index contributed by atoms with van der Waals surface area (Å²) in [7, 11) is 3.42. The summed E-state index contributed by atoms with van der Waals surface area (Å²) in [5, 5.41) is 4.59. The molecular weight excluding hydrogens is 734 g/mol. The largest absolute Gasteiger partial charge is 0.461 e. The Morgan fingerprint density at radius 3 is 2.42 bits per heavy atom. The van der Waals surface area contributed by atoms with Gasteiger partial charge < -0.3 is 25.0 Å². The van der Waals surface area contributed by atoms with Crippen molar-refractivity contribution in [2.45, 2.75) is 69.9 Å². The van der Waals surface area contributed by atoms with Gasteiger partial charge in [-0.15, -0.1) is 0 Å². The fourth-order valence-electron chi connectivity index (χ4n) is 6.95. The Balaban J connectivity index is 0.000000273. The third-order valence-electron chi connectivity index (χ3n) is 9.40. The molecule has 2 aromatic heterocycles. The van der Waals surface area contributed by atoms with Crippen molar-refractivity contribution in [3.8, 4) is 6.01 Å². The van der Waals surface area contributed by atoms with Crippen LogP contribution in [-0.4, -0.2) is 87.9 Å². The zero-order valence-corrected chi connectivity index (χ0v) is 30.4. The molecule has 1 amide bonds. The first-order chi connectivity index (χ1) is 24.6. The number of benzene rings is 1. The van der Waals surface area contributed by atoms with E-state index in [1.54, 1.807) is 14.1 Å². The monoisotopic (exact) mass is 774 g/mol. The van der Waals surface area contributed by atoms with Crippen LogP contribution >= 0.6 is 23.2 Å². The second kappa shape index (κ2) is 16.5. The number of nitrogens with two attached hydrogens (primary N) is 1. The number of anilines is 2. The highest BCUT2D eigenvalue weighted by atomic mass is 35.5. The Hall–Kier alpha value is -3.73. The van der Waals surface area contributed by atoms with E-state index in [0.29, 0.717) is 49.6 Å². The average molecular weight is 776 g/mol. The zero-order valence-electron chi connectivity index (χ0n) is 28.9. The van der Waals surface area contributed by atoms with E-state index in [9.17, 15) is 26.7 Å². The molecular formula is C34H41Cl2F5N8O3. The Morgan fingerprint density at radius 2 is 1.79 bits per heavy atom. The molecule has 2 saturated heterocycles. The maximum absolute atomic E-state index is 12.6. The summed E-state index contributed by atoms with van der Waals surface area (Å²) < 4.78 is 70.5. The van der Waals surface area contributed by atoms with Crippen LogP contribution in [0.5, 0.6) is 6.01 Å². The molecule has 6 heterocycles. The molecule has 2 fully saturated rings. The summed E-state index contributed by atoms with van der Waals surface area (Å²) in [5.74, 6) is 0.649. The van der Waals surface area contributed by atoms with Crippen LogP contribution in [0.1, 0.15) is 65.1 Å². The van der Waals surface area contributed by atoms with E-state index in [1.165, 1.54) is 30.6 Å². The number of aromatic nitrogens is 4. The van der Waals surface area contributed by atoms with E-state index in [4.69, 9.17) is 48.4 Å². The summed E-state index contributed by atoms with van der Waals surface area (Å²) in [4.78, 5) is 28.7. The van der Waals surface area contributed by atoms with Crippen LogP contribution in [0.4, 0.5) is 33.5 Å². The topological polar surface area (TPSA) is 115 Å². The van der Waals surface area contributed by atoms with Crippen molar-refractivity contribution in [1.29, 1.82) is 0 Å². The molecule has 4 aliphatic heterocycles.